The number of thioether (sulfide) groups is 1. The second-order valence-electron chi connectivity index (χ2n) is 7.61. The number of amides is 1. The highest BCUT2D eigenvalue weighted by Crippen LogP contribution is 2.29. The first-order valence-electron chi connectivity index (χ1n) is 10.2. The smallest absolute Gasteiger partial charge is 0.232 e. The SMILES string of the molecule is O=C(CSCc1nnnn1C1CCCC1)N1CCN(Cc2ccccc2)CC1. The van der Waals surface area contributed by atoms with Gasteiger partial charge in [0.2, 0.25) is 5.91 Å². The minimum atomic E-state index is 0.226. The topological polar surface area (TPSA) is 67.2 Å². The number of hydrogen-bond donors (Lipinski definition) is 0. The molecule has 2 aliphatic rings. The maximum Gasteiger partial charge on any atom is 0.232 e. The van der Waals surface area contributed by atoms with E-state index >= 15 is 0 Å². The van der Waals surface area contributed by atoms with Gasteiger partial charge in [-0.15, -0.1) is 16.9 Å². The van der Waals surface area contributed by atoms with Crippen molar-refractivity contribution in [3.63, 3.8) is 0 Å². The number of carbonyl (C=O) groups excluding carboxylic acids is 1. The normalized spacial score (nSPS) is 18.6. The number of nitrogens with zero attached hydrogens (tertiary/aromatic N) is 6. The number of tetrazole rings is 1. The number of benzene rings is 1. The second-order valence-corrected chi connectivity index (χ2v) is 8.60. The molecule has 0 radical (unpaired) electrons. The van der Waals surface area contributed by atoms with E-state index in [0.29, 0.717) is 17.5 Å². The Balaban J connectivity index is 1.19. The van der Waals surface area contributed by atoms with Crippen LogP contribution in [0.3, 0.4) is 0 Å². The zero-order chi connectivity index (χ0) is 19.2. The van der Waals surface area contributed by atoms with Crippen LogP contribution in [0.4, 0.5) is 0 Å². The van der Waals surface area contributed by atoms with E-state index in [4.69, 9.17) is 0 Å². The van der Waals surface area contributed by atoms with Crippen molar-refractivity contribution < 1.29 is 4.79 Å². The standard InChI is InChI=1S/C20H28N6OS/c27-20(16-28-15-19-21-22-23-26(19)18-8-4-5-9-18)25-12-10-24(11-13-25)14-17-6-2-1-3-7-17/h1-3,6-7,18H,4-5,8-16H2. The molecule has 1 amide bonds. The Kier molecular flexibility index (Phi) is 6.59. The van der Waals surface area contributed by atoms with Gasteiger partial charge in [0.15, 0.2) is 5.82 Å². The van der Waals surface area contributed by atoms with Crippen LogP contribution in [0.25, 0.3) is 0 Å². The van der Waals surface area contributed by atoms with Gasteiger partial charge in [-0.1, -0.05) is 43.2 Å². The fourth-order valence-electron chi connectivity index (χ4n) is 4.06. The molecule has 1 aromatic carbocycles. The van der Waals surface area contributed by atoms with Gasteiger partial charge < -0.3 is 4.90 Å². The van der Waals surface area contributed by atoms with Crippen LogP contribution >= 0.6 is 11.8 Å². The van der Waals surface area contributed by atoms with E-state index in [2.05, 4.69) is 44.7 Å². The van der Waals surface area contributed by atoms with Crippen LogP contribution in [0.15, 0.2) is 30.3 Å². The Bertz CT molecular complexity index is 753. The van der Waals surface area contributed by atoms with E-state index < -0.39 is 0 Å². The maximum atomic E-state index is 12.6. The molecule has 1 saturated carbocycles. The van der Waals surface area contributed by atoms with Gasteiger partial charge in [-0.2, -0.15) is 0 Å². The third kappa shape index (κ3) is 4.91. The van der Waals surface area contributed by atoms with Gasteiger partial charge in [0.25, 0.3) is 0 Å². The third-order valence-corrected chi connectivity index (χ3v) is 6.58. The van der Waals surface area contributed by atoms with Crippen molar-refractivity contribution in [2.75, 3.05) is 31.9 Å². The van der Waals surface area contributed by atoms with Crippen molar-refractivity contribution in [1.29, 1.82) is 0 Å². The van der Waals surface area contributed by atoms with Crippen LogP contribution in [-0.4, -0.2) is 67.8 Å². The summed E-state index contributed by atoms with van der Waals surface area (Å²) in [5.74, 6) is 2.32. The Labute approximate surface area is 170 Å². The van der Waals surface area contributed by atoms with Crippen molar-refractivity contribution in [2.24, 2.45) is 0 Å². The first-order valence-corrected chi connectivity index (χ1v) is 11.3. The van der Waals surface area contributed by atoms with Crippen LogP contribution in [0.1, 0.15) is 43.1 Å². The average Bonchev–Trinajstić information content (AvgIpc) is 3.41. The summed E-state index contributed by atoms with van der Waals surface area (Å²) in [6.45, 7) is 4.45. The fraction of sp³-hybridized carbons (Fsp3) is 0.600. The summed E-state index contributed by atoms with van der Waals surface area (Å²) in [4.78, 5) is 17.0. The van der Waals surface area contributed by atoms with Gasteiger partial charge in [-0.3, -0.25) is 9.69 Å². The molecule has 4 rings (SSSR count). The molecule has 0 bridgehead atoms. The molecule has 1 aliphatic heterocycles. The molecule has 2 aromatic rings. The van der Waals surface area contributed by atoms with Crippen LogP contribution in [0, 0.1) is 0 Å². The molecule has 0 N–H and O–H groups in total. The molecule has 1 aliphatic carbocycles. The van der Waals surface area contributed by atoms with E-state index in [0.717, 1.165) is 51.4 Å². The quantitative estimate of drug-likeness (QED) is 0.711. The Morgan fingerprint density at radius 3 is 2.57 bits per heavy atom. The highest BCUT2D eigenvalue weighted by atomic mass is 32.2. The van der Waals surface area contributed by atoms with Gasteiger partial charge in [0, 0.05) is 32.7 Å². The fourth-order valence-corrected chi connectivity index (χ4v) is 4.89. The summed E-state index contributed by atoms with van der Waals surface area (Å²) in [6.07, 6.45) is 4.83. The second kappa shape index (κ2) is 9.52. The first-order chi connectivity index (χ1) is 13.8. The van der Waals surface area contributed by atoms with Crippen molar-refractivity contribution in [3.8, 4) is 0 Å². The van der Waals surface area contributed by atoms with Crippen molar-refractivity contribution in [2.45, 2.75) is 44.0 Å². The summed E-state index contributed by atoms with van der Waals surface area (Å²) in [5, 5.41) is 12.2. The molecule has 28 heavy (non-hydrogen) atoms. The lowest BCUT2D eigenvalue weighted by Gasteiger charge is -2.34. The van der Waals surface area contributed by atoms with E-state index in [9.17, 15) is 4.79 Å². The van der Waals surface area contributed by atoms with Crippen molar-refractivity contribution >= 4 is 17.7 Å². The molecular formula is C20H28N6OS. The van der Waals surface area contributed by atoms with Crippen LogP contribution in [-0.2, 0) is 17.1 Å². The lowest BCUT2D eigenvalue weighted by atomic mass is 10.2. The molecular weight excluding hydrogens is 372 g/mol. The number of hydrogen-bond acceptors (Lipinski definition) is 6. The molecule has 1 aromatic heterocycles. The highest BCUT2D eigenvalue weighted by Gasteiger charge is 2.23. The zero-order valence-corrected chi connectivity index (χ0v) is 17.1. The monoisotopic (exact) mass is 400 g/mol. The predicted molar refractivity (Wildman–Crippen MR) is 110 cm³/mol. The van der Waals surface area contributed by atoms with E-state index in [1.807, 2.05) is 15.6 Å². The number of rotatable bonds is 7. The zero-order valence-electron chi connectivity index (χ0n) is 16.2. The van der Waals surface area contributed by atoms with Crippen LogP contribution in [0.2, 0.25) is 0 Å². The summed E-state index contributed by atoms with van der Waals surface area (Å²) < 4.78 is 1.98. The van der Waals surface area contributed by atoms with Gasteiger partial charge in [-0.25, -0.2) is 4.68 Å². The molecule has 1 saturated heterocycles. The molecule has 7 nitrogen and oxygen atoms in total. The van der Waals surface area contributed by atoms with Crippen LogP contribution in [0.5, 0.6) is 0 Å². The van der Waals surface area contributed by atoms with Gasteiger partial charge in [0.05, 0.1) is 17.5 Å². The number of carbonyl (C=O) groups is 1. The number of aromatic nitrogens is 4. The summed E-state index contributed by atoms with van der Waals surface area (Å²) in [5.41, 5.74) is 1.33. The molecule has 8 heteroatoms. The molecule has 0 unspecified atom stereocenters. The Morgan fingerprint density at radius 2 is 1.82 bits per heavy atom. The minimum absolute atomic E-state index is 0.226. The van der Waals surface area contributed by atoms with Crippen LogP contribution < -0.4 is 0 Å². The Hall–Kier alpha value is -1.93. The minimum Gasteiger partial charge on any atom is -0.339 e. The molecule has 2 heterocycles. The van der Waals surface area contributed by atoms with Gasteiger partial charge in [-0.05, 0) is 28.8 Å². The third-order valence-electron chi connectivity index (χ3n) is 5.66. The molecule has 150 valence electrons. The van der Waals surface area contributed by atoms with Gasteiger partial charge in [0.1, 0.15) is 0 Å². The summed E-state index contributed by atoms with van der Waals surface area (Å²) >= 11 is 1.62. The van der Waals surface area contributed by atoms with Crippen molar-refractivity contribution in [1.82, 2.24) is 30.0 Å². The molecule has 2 fully saturated rings. The first kappa shape index (κ1) is 19.4. The predicted octanol–water partition coefficient (Wildman–Crippen LogP) is 2.37. The lowest BCUT2D eigenvalue weighted by molar-refractivity contribution is -0.130. The van der Waals surface area contributed by atoms with Gasteiger partial charge >= 0.3 is 0 Å². The van der Waals surface area contributed by atoms with E-state index in [-0.39, 0.29) is 5.91 Å². The van der Waals surface area contributed by atoms with Crippen molar-refractivity contribution in [3.05, 3.63) is 41.7 Å². The summed E-state index contributed by atoms with van der Waals surface area (Å²) in [7, 11) is 0. The highest BCUT2D eigenvalue weighted by molar-refractivity contribution is 7.99. The van der Waals surface area contributed by atoms with E-state index in [1.54, 1.807) is 11.8 Å². The molecule has 0 spiro atoms. The largest absolute Gasteiger partial charge is 0.339 e. The molecule has 0 atom stereocenters. The Morgan fingerprint density at radius 1 is 1.07 bits per heavy atom. The summed E-state index contributed by atoms with van der Waals surface area (Å²) in [6, 6.07) is 11.0. The average molecular weight is 401 g/mol. The maximum absolute atomic E-state index is 12.6. The van der Waals surface area contributed by atoms with E-state index in [1.165, 1.54) is 18.4 Å². The number of piperazine rings is 1. The lowest BCUT2D eigenvalue weighted by Crippen LogP contribution is -2.48.